The minimum absolute atomic E-state index is 0. The molecule has 0 aliphatic rings. The molecule has 2 N–H and O–H groups in total. The lowest BCUT2D eigenvalue weighted by molar-refractivity contribution is 0.625. The minimum atomic E-state index is -0.929. The standard InChI is InChI=1S/C19H24FN3OS.HI/c1-2-21-19(23-14-17-9-6-10-18(20)13-17)22-11-12-25(24)15-16-7-4-3-5-8-16;/h3-10,13H,2,11-12,14-15H2,1H3,(H2,21,22,23);1H. The van der Waals surface area contributed by atoms with Gasteiger partial charge in [0.2, 0.25) is 0 Å². The van der Waals surface area contributed by atoms with Crippen LogP contribution >= 0.6 is 24.0 Å². The molecule has 1 atom stereocenters. The van der Waals surface area contributed by atoms with Crippen LogP contribution < -0.4 is 10.6 Å². The Morgan fingerprint density at radius 3 is 2.50 bits per heavy atom. The van der Waals surface area contributed by atoms with Gasteiger partial charge in [-0.15, -0.1) is 24.0 Å². The second-order valence-electron chi connectivity index (χ2n) is 5.53. The zero-order chi connectivity index (χ0) is 17.9. The lowest BCUT2D eigenvalue weighted by atomic mass is 10.2. The van der Waals surface area contributed by atoms with E-state index in [1.807, 2.05) is 43.3 Å². The predicted octanol–water partition coefficient (Wildman–Crippen LogP) is 3.45. The molecule has 0 fully saturated rings. The van der Waals surface area contributed by atoms with Gasteiger partial charge in [0.15, 0.2) is 5.96 Å². The van der Waals surface area contributed by atoms with Crippen LogP contribution in [0.1, 0.15) is 18.1 Å². The van der Waals surface area contributed by atoms with Gasteiger partial charge in [0, 0.05) is 35.4 Å². The third kappa shape index (κ3) is 8.75. The van der Waals surface area contributed by atoms with Crippen molar-refractivity contribution in [3.8, 4) is 0 Å². The van der Waals surface area contributed by atoms with Crippen molar-refractivity contribution >= 4 is 40.7 Å². The van der Waals surface area contributed by atoms with Gasteiger partial charge in [-0.05, 0) is 30.2 Å². The van der Waals surface area contributed by atoms with Crippen molar-refractivity contribution in [2.24, 2.45) is 4.99 Å². The Morgan fingerprint density at radius 1 is 1.08 bits per heavy atom. The number of guanidine groups is 1. The number of nitrogens with zero attached hydrogens (tertiary/aromatic N) is 1. The van der Waals surface area contributed by atoms with E-state index in [4.69, 9.17) is 0 Å². The Balaban J connectivity index is 0.00000338. The largest absolute Gasteiger partial charge is 0.357 e. The summed E-state index contributed by atoms with van der Waals surface area (Å²) >= 11 is 0. The van der Waals surface area contributed by atoms with Crippen LogP contribution in [0.2, 0.25) is 0 Å². The Labute approximate surface area is 174 Å². The molecule has 0 saturated carbocycles. The van der Waals surface area contributed by atoms with Crippen molar-refractivity contribution in [2.75, 3.05) is 18.8 Å². The summed E-state index contributed by atoms with van der Waals surface area (Å²) in [7, 11) is -0.929. The van der Waals surface area contributed by atoms with Crippen molar-refractivity contribution in [2.45, 2.75) is 19.2 Å². The van der Waals surface area contributed by atoms with Crippen LogP contribution in [0.25, 0.3) is 0 Å². The third-order valence-electron chi connectivity index (χ3n) is 3.45. The lowest BCUT2D eigenvalue weighted by Crippen LogP contribution is -2.39. The third-order valence-corrected chi connectivity index (χ3v) is 4.76. The molecule has 0 aliphatic carbocycles. The van der Waals surface area contributed by atoms with Crippen LogP contribution in [0.3, 0.4) is 0 Å². The number of hydrogen-bond donors (Lipinski definition) is 2. The molecule has 1 unspecified atom stereocenters. The highest BCUT2D eigenvalue weighted by molar-refractivity contribution is 14.0. The fourth-order valence-corrected chi connectivity index (χ4v) is 3.30. The SMILES string of the molecule is CCNC(=NCc1cccc(F)c1)NCCS(=O)Cc1ccccc1.I. The van der Waals surface area contributed by atoms with Gasteiger partial charge in [-0.3, -0.25) is 4.21 Å². The van der Waals surface area contributed by atoms with Crippen molar-refractivity contribution in [1.29, 1.82) is 0 Å². The van der Waals surface area contributed by atoms with E-state index in [2.05, 4.69) is 15.6 Å². The smallest absolute Gasteiger partial charge is 0.191 e. The van der Waals surface area contributed by atoms with E-state index in [0.29, 0.717) is 30.6 Å². The molecule has 0 amide bonds. The number of benzene rings is 2. The molecule has 2 rings (SSSR count). The highest BCUT2D eigenvalue weighted by Gasteiger charge is 2.03. The molecular weight excluding hydrogens is 464 g/mol. The highest BCUT2D eigenvalue weighted by Crippen LogP contribution is 2.05. The fraction of sp³-hybridized carbons (Fsp3) is 0.316. The van der Waals surface area contributed by atoms with Crippen LogP contribution in [-0.2, 0) is 23.1 Å². The molecule has 0 spiro atoms. The predicted molar refractivity (Wildman–Crippen MR) is 118 cm³/mol. The van der Waals surface area contributed by atoms with E-state index < -0.39 is 10.8 Å². The molecule has 142 valence electrons. The Bertz CT molecular complexity index is 713. The van der Waals surface area contributed by atoms with Gasteiger partial charge >= 0.3 is 0 Å². The van der Waals surface area contributed by atoms with E-state index in [-0.39, 0.29) is 29.8 Å². The monoisotopic (exact) mass is 489 g/mol. The van der Waals surface area contributed by atoms with Crippen LogP contribution in [0.5, 0.6) is 0 Å². The Hall–Kier alpha value is -1.48. The minimum Gasteiger partial charge on any atom is -0.357 e. The fourth-order valence-electron chi connectivity index (χ4n) is 2.26. The van der Waals surface area contributed by atoms with E-state index in [9.17, 15) is 8.60 Å². The second kappa shape index (κ2) is 12.8. The summed E-state index contributed by atoms with van der Waals surface area (Å²) < 4.78 is 25.3. The molecule has 4 nitrogen and oxygen atoms in total. The molecule has 26 heavy (non-hydrogen) atoms. The summed E-state index contributed by atoms with van der Waals surface area (Å²) in [5.41, 5.74) is 1.89. The first-order valence-corrected chi connectivity index (χ1v) is 9.81. The first kappa shape index (κ1) is 22.6. The van der Waals surface area contributed by atoms with Crippen LogP contribution in [-0.4, -0.2) is 29.0 Å². The Kier molecular flexibility index (Phi) is 11.1. The zero-order valence-corrected chi connectivity index (χ0v) is 17.9. The van der Waals surface area contributed by atoms with Gasteiger partial charge in [0.05, 0.1) is 6.54 Å². The summed E-state index contributed by atoms with van der Waals surface area (Å²) in [6, 6.07) is 16.2. The summed E-state index contributed by atoms with van der Waals surface area (Å²) in [5.74, 6) is 1.48. The van der Waals surface area contributed by atoms with Gasteiger partial charge in [0.1, 0.15) is 5.82 Å². The maximum Gasteiger partial charge on any atom is 0.191 e. The normalized spacial score (nSPS) is 12.2. The van der Waals surface area contributed by atoms with Gasteiger partial charge in [-0.1, -0.05) is 42.5 Å². The van der Waals surface area contributed by atoms with E-state index in [1.54, 1.807) is 6.07 Å². The summed E-state index contributed by atoms with van der Waals surface area (Å²) in [6.07, 6.45) is 0. The van der Waals surface area contributed by atoms with Crippen LogP contribution in [0.4, 0.5) is 4.39 Å². The molecule has 0 aromatic heterocycles. The van der Waals surface area contributed by atoms with Crippen molar-refractivity contribution in [3.63, 3.8) is 0 Å². The number of rotatable bonds is 8. The average Bonchev–Trinajstić information content (AvgIpc) is 2.60. The molecule has 7 heteroatoms. The maximum atomic E-state index is 13.2. The van der Waals surface area contributed by atoms with Gasteiger partial charge < -0.3 is 10.6 Å². The van der Waals surface area contributed by atoms with Crippen molar-refractivity contribution in [1.82, 2.24) is 10.6 Å². The van der Waals surface area contributed by atoms with Gasteiger partial charge in [0.25, 0.3) is 0 Å². The maximum absolute atomic E-state index is 13.2. The molecule has 2 aromatic rings. The molecule has 2 aromatic carbocycles. The Morgan fingerprint density at radius 2 is 1.81 bits per heavy atom. The molecular formula is C19H25FIN3OS. The summed E-state index contributed by atoms with van der Waals surface area (Å²) in [6.45, 7) is 3.66. The van der Waals surface area contributed by atoms with Crippen LogP contribution in [0, 0.1) is 5.82 Å². The highest BCUT2D eigenvalue weighted by atomic mass is 127. The van der Waals surface area contributed by atoms with Gasteiger partial charge in [-0.2, -0.15) is 0 Å². The number of hydrogen-bond acceptors (Lipinski definition) is 2. The summed E-state index contributed by atoms with van der Waals surface area (Å²) in [5, 5.41) is 6.31. The molecule has 0 heterocycles. The molecule has 0 saturated heterocycles. The number of aliphatic imine (C=N–C) groups is 1. The van der Waals surface area contributed by atoms with Crippen LogP contribution in [0.15, 0.2) is 59.6 Å². The topological polar surface area (TPSA) is 53.5 Å². The van der Waals surface area contributed by atoms with Crippen molar-refractivity contribution in [3.05, 3.63) is 71.5 Å². The zero-order valence-electron chi connectivity index (χ0n) is 14.8. The number of nitrogens with one attached hydrogen (secondary N) is 2. The van der Waals surface area contributed by atoms with Gasteiger partial charge in [-0.25, -0.2) is 9.38 Å². The quantitative estimate of drug-likeness (QED) is 0.340. The molecule has 0 radical (unpaired) electrons. The first-order chi connectivity index (χ1) is 12.2. The average molecular weight is 489 g/mol. The molecule has 0 bridgehead atoms. The van der Waals surface area contributed by atoms with E-state index >= 15 is 0 Å². The number of halogens is 2. The van der Waals surface area contributed by atoms with E-state index in [0.717, 1.165) is 17.7 Å². The second-order valence-corrected chi connectivity index (χ2v) is 7.10. The molecule has 0 aliphatic heterocycles. The summed E-state index contributed by atoms with van der Waals surface area (Å²) in [4.78, 5) is 4.43. The first-order valence-electron chi connectivity index (χ1n) is 8.33. The van der Waals surface area contributed by atoms with Crippen molar-refractivity contribution < 1.29 is 8.60 Å². The lowest BCUT2D eigenvalue weighted by Gasteiger charge is -2.11. The van der Waals surface area contributed by atoms with E-state index in [1.165, 1.54) is 12.1 Å².